The van der Waals surface area contributed by atoms with E-state index in [0.29, 0.717) is 12.5 Å². The zero-order valence-corrected chi connectivity index (χ0v) is 16.5. The van der Waals surface area contributed by atoms with Gasteiger partial charge in [-0.25, -0.2) is 9.97 Å². The van der Waals surface area contributed by atoms with Gasteiger partial charge >= 0.3 is 0 Å². The Bertz CT molecular complexity index is 1060. The average molecular weight is 373 g/mol. The summed E-state index contributed by atoms with van der Waals surface area (Å²) in [6.45, 7) is 9.19. The molecule has 4 rings (SSSR count). The molecule has 144 valence electrons. The van der Waals surface area contributed by atoms with Crippen molar-refractivity contribution in [2.24, 2.45) is 4.99 Å². The Kier molecular flexibility index (Phi) is 5.32. The second-order valence-corrected chi connectivity index (χ2v) is 7.23. The highest BCUT2D eigenvalue weighted by Gasteiger charge is 2.23. The Morgan fingerprint density at radius 3 is 2.18 bits per heavy atom. The molecular weight excluding hydrogens is 344 g/mol. The highest BCUT2D eigenvalue weighted by molar-refractivity contribution is 6.18. The molecule has 0 saturated heterocycles. The van der Waals surface area contributed by atoms with Gasteiger partial charge in [-0.3, -0.25) is 4.99 Å². The van der Waals surface area contributed by atoms with Gasteiger partial charge < -0.3 is 5.32 Å². The van der Waals surface area contributed by atoms with Crippen molar-refractivity contribution in [1.82, 2.24) is 9.97 Å². The first-order chi connectivity index (χ1) is 13.0. The fraction of sp³-hybridized carbons (Fsp3) is 0.292. The zero-order valence-electron chi connectivity index (χ0n) is 16.5. The first-order valence-electron chi connectivity index (χ1n) is 9.26. The minimum atomic E-state index is 0. The van der Waals surface area contributed by atoms with E-state index in [1.165, 1.54) is 27.8 Å². The Morgan fingerprint density at radius 2 is 1.54 bits per heavy atom. The van der Waals surface area contributed by atoms with Crippen LogP contribution in [0.25, 0.3) is 11.3 Å². The molecule has 28 heavy (non-hydrogen) atoms. The van der Waals surface area contributed by atoms with Crippen molar-refractivity contribution in [1.29, 1.82) is 0 Å². The number of benzene rings is 2. The van der Waals surface area contributed by atoms with Gasteiger partial charge in [0, 0.05) is 35.5 Å². The monoisotopic (exact) mass is 372 g/mol. The first-order valence-corrected chi connectivity index (χ1v) is 9.26. The third-order valence-corrected chi connectivity index (χ3v) is 5.36. The Hall–Kier alpha value is -3.01. The first kappa shape index (κ1) is 19.7. The van der Waals surface area contributed by atoms with Gasteiger partial charge in [0.1, 0.15) is 0 Å². The molecule has 1 aromatic heterocycles. The normalized spacial score (nSPS) is 12.2. The van der Waals surface area contributed by atoms with Gasteiger partial charge in [-0.2, -0.15) is 0 Å². The number of nitrogens with zero attached hydrogens (tertiary/aromatic N) is 3. The molecule has 0 saturated carbocycles. The molecule has 0 aliphatic carbocycles. The van der Waals surface area contributed by atoms with E-state index in [9.17, 15) is 0 Å². The molecular formula is C24H28N4. The van der Waals surface area contributed by atoms with E-state index in [-0.39, 0.29) is 7.43 Å². The van der Waals surface area contributed by atoms with Crippen molar-refractivity contribution >= 4 is 11.7 Å². The predicted octanol–water partition coefficient (Wildman–Crippen LogP) is 5.41. The summed E-state index contributed by atoms with van der Waals surface area (Å²) in [6, 6.07) is 10.9. The molecule has 3 aromatic rings. The lowest BCUT2D eigenvalue weighted by molar-refractivity contribution is 1.02. The maximum Gasteiger partial charge on any atom is 0.222 e. The molecule has 4 nitrogen and oxygen atoms in total. The SMILES string of the molecule is C.CNc1ncc2c(n1)-c1cc(C)c(C)cc1C(c1c(C)cccc1C)=NC2. The topological polar surface area (TPSA) is 50.2 Å². The smallest absolute Gasteiger partial charge is 0.222 e. The largest absolute Gasteiger partial charge is 0.357 e. The van der Waals surface area contributed by atoms with Crippen LogP contribution in [0, 0.1) is 27.7 Å². The van der Waals surface area contributed by atoms with Crippen molar-refractivity contribution in [3.63, 3.8) is 0 Å². The summed E-state index contributed by atoms with van der Waals surface area (Å²) >= 11 is 0. The summed E-state index contributed by atoms with van der Waals surface area (Å²) in [5.41, 5.74) is 11.6. The second-order valence-electron chi connectivity index (χ2n) is 7.23. The van der Waals surface area contributed by atoms with Gasteiger partial charge in [0.2, 0.25) is 5.95 Å². The van der Waals surface area contributed by atoms with Gasteiger partial charge in [-0.1, -0.05) is 25.6 Å². The number of rotatable bonds is 2. The van der Waals surface area contributed by atoms with E-state index in [2.05, 4.69) is 68.3 Å². The summed E-state index contributed by atoms with van der Waals surface area (Å²) < 4.78 is 0. The zero-order chi connectivity index (χ0) is 19.1. The van der Waals surface area contributed by atoms with Crippen LogP contribution in [0.4, 0.5) is 5.95 Å². The molecule has 4 heteroatoms. The van der Waals surface area contributed by atoms with Crippen LogP contribution in [-0.2, 0) is 6.54 Å². The molecule has 2 aromatic carbocycles. The summed E-state index contributed by atoms with van der Waals surface area (Å²) in [5, 5.41) is 3.06. The molecule has 1 N–H and O–H groups in total. The quantitative estimate of drug-likeness (QED) is 0.655. The van der Waals surface area contributed by atoms with Crippen LogP contribution >= 0.6 is 0 Å². The van der Waals surface area contributed by atoms with Crippen LogP contribution in [0.1, 0.15) is 46.4 Å². The molecule has 0 radical (unpaired) electrons. The third kappa shape index (κ3) is 3.19. The molecule has 0 atom stereocenters. The van der Waals surface area contributed by atoms with Crippen LogP contribution in [0.2, 0.25) is 0 Å². The lowest BCUT2D eigenvalue weighted by atomic mass is 9.88. The molecule has 0 amide bonds. The third-order valence-electron chi connectivity index (χ3n) is 5.36. The minimum Gasteiger partial charge on any atom is -0.357 e. The second kappa shape index (κ2) is 7.55. The van der Waals surface area contributed by atoms with E-state index in [4.69, 9.17) is 9.98 Å². The Balaban J connectivity index is 0.00000225. The van der Waals surface area contributed by atoms with E-state index < -0.39 is 0 Å². The molecule has 0 bridgehead atoms. The molecule has 0 fully saturated rings. The number of aromatic nitrogens is 2. The molecule has 0 unspecified atom stereocenters. The maximum absolute atomic E-state index is 5.04. The van der Waals surface area contributed by atoms with Crippen LogP contribution < -0.4 is 5.32 Å². The average Bonchev–Trinajstić information content (AvgIpc) is 2.79. The van der Waals surface area contributed by atoms with Gasteiger partial charge in [-0.05, 0) is 62.1 Å². The van der Waals surface area contributed by atoms with Crippen LogP contribution in [0.3, 0.4) is 0 Å². The maximum atomic E-state index is 5.04. The molecule has 1 aliphatic heterocycles. The van der Waals surface area contributed by atoms with Crippen molar-refractivity contribution in [3.8, 4) is 11.3 Å². The van der Waals surface area contributed by atoms with Gasteiger partial charge in [-0.15, -0.1) is 0 Å². The number of anilines is 1. The number of aryl methyl sites for hydroxylation is 4. The van der Waals surface area contributed by atoms with Gasteiger partial charge in [0.15, 0.2) is 0 Å². The van der Waals surface area contributed by atoms with Crippen molar-refractivity contribution in [2.45, 2.75) is 41.7 Å². The summed E-state index contributed by atoms with van der Waals surface area (Å²) in [6.07, 6.45) is 1.89. The van der Waals surface area contributed by atoms with Gasteiger partial charge in [0.25, 0.3) is 0 Å². The van der Waals surface area contributed by atoms with Gasteiger partial charge in [0.05, 0.1) is 18.0 Å². The summed E-state index contributed by atoms with van der Waals surface area (Å²) in [7, 11) is 1.85. The number of fused-ring (bicyclic) bond motifs is 3. The fourth-order valence-electron chi connectivity index (χ4n) is 3.74. The lowest BCUT2D eigenvalue weighted by Gasteiger charge is -2.17. The van der Waals surface area contributed by atoms with Crippen molar-refractivity contribution in [2.75, 3.05) is 12.4 Å². The summed E-state index contributed by atoms with van der Waals surface area (Å²) in [4.78, 5) is 14.2. The van der Waals surface area contributed by atoms with Crippen molar-refractivity contribution < 1.29 is 0 Å². The number of aliphatic imine (C=N–C) groups is 1. The minimum absolute atomic E-state index is 0. The highest BCUT2D eigenvalue weighted by Crippen LogP contribution is 2.34. The molecule has 0 spiro atoms. The number of hydrogen-bond acceptors (Lipinski definition) is 4. The standard InChI is InChI=1S/C23H24N4.CH4/c1-13-7-6-8-14(2)20(13)22-19-10-16(4)15(3)9-18(19)21-17(11-25-22)12-26-23(24-5)27-21;/h6-10,12H,11H2,1-5H3,(H,24,26,27);1H4. The van der Waals surface area contributed by atoms with Crippen LogP contribution in [-0.4, -0.2) is 22.7 Å². The van der Waals surface area contributed by atoms with Crippen LogP contribution in [0.15, 0.2) is 41.5 Å². The van der Waals surface area contributed by atoms with E-state index in [1.54, 1.807) is 0 Å². The van der Waals surface area contributed by atoms with Crippen molar-refractivity contribution in [3.05, 3.63) is 75.5 Å². The Morgan fingerprint density at radius 1 is 0.893 bits per heavy atom. The van der Waals surface area contributed by atoms with E-state index >= 15 is 0 Å². The number of hydrogen-bond donors (Lipinski definition) is 1. The molecule has 2 heterocycles. The van der Waals surface area contributed by atoms with E-state index in [1.807, 2.05) is 13.2 Å². The summed E-state index contributed by atoms with van der Waals surface area (Å²) in [5.74, 6) is 0.633. The number of nitrogens with one attached hydrogen (secondary N) is 1. The predicted molar refractivity (Wildman–Crippen MR) is 118 cm³/mol. The highest BCUT2D eigenvalue weighted by atomic mass is 15.1. The fourth-order valence-corrected chi connectivity index (χ4v) is 3.74. The lowest BCUT2D eigenvalue weighted by Crippen LogP contribution is -2.10. The Labute approximate surface area is 167 Å². The van der Waals surface area contributed by atoms with Crippen LogP contribution in [0.5, 0.6) is 0 Å². The molecule has 1 aliphatic rings. The van der Waals surface area contributed by atoms with E-state index in [0.717, 1.165) is 28.1 Å².